The van der Waals surface area contributed by atoms with Gasteiger partial charge in [0.05, 0.1) is 19.2 Å². The number of anilines is 1. The van der Waals surface area contributed by atoms with Gasteiger partial charge in [-0.2, -0.15) is 0 Å². The normalized spacial score (nSPS) is 10.0. The molecule has 0 spiro atoms. The van der Waals surface area contributed by atoms with Gasteiger partial charge in [0.2, 0.25) is 5.91 Å². The number of nitrogens with one attached hydrogen (secondary N) is 1. The van der Waals surface area contributed by atoms with Crippen LogP contribution in [0.1, 0.15) is 22.8 Å². The van der Waals surface area contributed by atoms with Gasteiger partial charge in [-0.15, -0.1) is 0 Å². The van der Waals surface area contributed by atoms with E-state index in [2.05, 4.69) is 5.43 Å². The maximum atomic E-state index is 12.3. The standard InChI is InChI=1S/C18H20N2O3/c1-13(21)14-9-10-17(23-3)15(11-14)12-18(22)19-20(2)16-7-5-4-6-8-16/h4-11H,12H2,1-3H3,(H,19,22). The van der Waals surface area contributed by atoms with E-state index in [4.69, 9.17) is 4.74 Å². The second kappa shape index (κ2) is 7.45. The van der Waals surface area contributed by atoms with Crippen LogP contribution in [0.3, 0.4) is 0 Å². The summed E-state index contributed by atoms with van der Waals surface area (Å²) in [5, 5.41) is 1.66. The van der Waals surface area contributed by atoms with Crippen molar-refractivity contribution in [3.63, 3.8) is 0 Å². The first kappa shape index (κ1) is 16.5. The number of amides is 1. The molecule has 0 unspecified atom stereocenters. The number of benzene rings is 2. The van der Waals surface area contributed by atoms with Gasteiger partial charge in [0.1, 0.15) is 5.75 Å². The summed E-state index contributed by atoms with van der Waals surface area (Å²) in [5.74, 6) is 0.360. The molecule has 0 aromatic heterocycles. The molecule has 0 aliphatic carbocycles. The zero-order chi connectivity index (χ0) is 16.8. The van der Waals surface area contributed by atoms with Crippen LogP contribution in [0, 0.1) is 0 Å². The number of hydrazine groups is 1. The van der Waals surface area contributed by atoms with E-state index in [1.807, 2.05) is 30.3 Å². The Morgan fingerprint density at radius 1 is 1.13 bits per heavy atom. The van der Waals surface area contributed by atoms with Crippen LogP contribution in [-0.2, 0) is 11.2 Å². The largest absolute Gasteiger partial charge is 0.496 e. The molecule has 0 bridgehead atoms. The van der Waals surface area contributed by atoms with E-state index < -0.39 is 0 Å². The second-order valence-electron chi connectivity index (χ2n) is 5.19. The van der Waals surface area contributed by atoms with Crippen LogP contribution in [0.4, 0.5) is 5.69 Å². The molecule has 5 nitrogen and oxygen atoms in total. The summed E-state index contributed by atoms with van der Waals surface area (Å²) in [6.07, 6.45) is 0.126. The number of nitrogens with zero attached hydrogens (tertiary/aromatic N) is 1. The molecule has 0 heterocycles. The number of para-hydroxylation sites is 1. The van der Waals surface area contributed by atoms with Crippen molar-refractivity contribution >= 4 is 17.4 Å². The third-order valence-electron chi connectivity index (χ3n) is 3.47. The molecule has 0 radical (unpaired) electrons. The fraction of sp³-hybridized carbons (Fsp3) is 0.222. The molecule has 1 N–H and O–H groups in total. The Morgan fingerprint density at radius 3 is 2.43 bits per heavy atom. The van der Waals surface area contributed by atoms with Crippen LogP contribution in [0.15, 0.2) is 48.5 Å². The zero-order valence-corrected chi connectivity index (χ0v) is 13.5. The van der Waals surface area contributed by atoms with Crippen LogP contribution in [0.25, 0.3) is 0 Å². The van der Waals surface area contributed by atoms with Crippen molar-refractivity contribution in [2.24, 2.45) is 0 Å². The molecule has 2 aromatic rings. The van der Waals surface area contributed by atoms with Gasteiger partial charge in [0.25, 0.3) is 0 Å². The van der Waals surface area contributed by atoms with Crippen LogP contribution >= 0.6 is 0 Å². The molecule has 0 aliphatic rings. The van der Waals surface area contributed by atoms with Crippen molar-refractivity contribution in [2.45, 2.75) is 13.3 Å². The quantitative estimate of drug-likeness (QED) is 0.658. The van der Waals surface area contributed by atoms with Crippen LogP contribution in [-0.4, -0.2) is 25.8 Å². The lowest BCUT2D eigenvalue weighted by Gasteiger charge is -2.20. The minimum atomic E-state index is -0.185. The lowest BCUT2D eigenvalue weighted by Crippen LogP contribution is -2.40. The lowest BCUT2D eigenvalue weighted by atomic mass is 10.0. The molecule has 1 amide bonds. The summed E-state index contributed by atoms with van der Waals surface area (Å²) in [5.41, 5.74) is 4.92. The van der Waals surface area contributed by atoms with Gasteiger partial charge in [-0.1, -0.05) is 18.2 Å². The van der Waals surface area contributed by atoms with Crippen molar-refractivity contribution in [2.75, 3.05) is 19.2 Å². The third kappa shape index (κ3) is 4.32. The first-order valence-corrected chi connectivity index (χ1v) is 7.27. The number of Topliss-reactive ketones (excluding diaryl/α,β-unsaturated/α-hetero) is 1. The highest BCUT2D eigenvalue weighted by atomic mass is 16.5. The SMILES string of the molecule is COc1ccc(C(C)=O)cc1CC(=O)NN(C)c1ccccc1. The minimum absolute atomic E-state index is 0.0456. The Hall–Kier alpha value is -2.82. The Bertz CT molecular complexity index is 699. The van der Waals surface area contributed by atoms with E-state index in [1.54, 1.807) is 37.4 Å². The van der Waals surface area contributed by atoms with Crippen molar-refractivity contribution < 1.29 is 14.3 Å². The number of ether oxygens (including phenoxy) is 1. The van der Waals surface area contributed by atoms with Gasteiger partial charge in [-0.3, -0.25) is 20.0 Å². The van der Waals surface area contributed by atoms with Gasteiger partial charge in [0.15, 0.2) is 5.78 Å². The highest BCUT2D eigenvalue weighted by molar-refractivity contribution is 5.94. The molecule has 0 atom stereocenters. The first-order chi connectivity index (χ1) is 11.0. The fourth-order valence-corrected chi connectivity index (χ4v) is 2.25. The van der Waals surface area contributed by atoms with Crippen molar-refractivity contribution in [1.29, 1.82) is 0 Å². The molecule has 23 heavy (non-hydrogen) atoms. The average Bonchev–Trinajstić information content (AvgIpc) is 2.55. The molecule has 120 valence electrons. The highest BCUT2D eigenvalue weighted by Gasteiger charge is 2.13. The molecule has 0 saturated heterocycles. The van der Waals surface area contributed by atoms with Crippen molar-refractivity contribution in [1.82, 2.24) is 5.43 Å². The molecule has 2 rings (SSSR count). The summed E-state index contributed by atoms with van der Waals surface area (Å²) in [7, 11) is 3.32. The van der Waals surface area contributed by atoms with E-state index in [9.17, 15) is 9.59 Å². The topological polar surface area (TPSA) is 58.6 Å². The summed E-state index contributed by atoms with van der Waals surface area (Å²) in [6.45, 7) is 1.49. The van der Waals surface area contributed by atoms with Crippen molar-refractivity contribution in [3.8, 4) is 5.75 Å². The number of hydrogen-bond donors (Lipinski definition) is 1. The van der Waals surface area contributed by atoms with Gasteiger partial charge in [-0.25, -0.2) is 0 Å². The number of methoxy groups -OCH3 is 1. The third-order valence-corrected chi connectivity index (χ3v) is 3.47. The van der Waals surface area contributed by atoms with Crippen LogP contribution in [0.5, 0.6) is 5.75 Å². The van der Waals surface area contributed by atoms with Gasteiger partial charge >= 0.3 is 0 Å². The van der Waals surface area contributed by atoms with Crippen LogP contribution in [0.2, 0.25) is 0 Å². The predicted molar refractivity (Wildman–Crippen MR) is 89.7 cm³/mol. The number of rotatable bonds is 6. The molecule has 0 fully saturated rings. The number of carbonyl (C=O) groups excluding carboxylic acids is 2. The number of carbonyl (C=O) groups is 2. The Balaban J connectivity index is 2.10. The van der Waals surface area contributed by atoms with Crippen molar-refractivity contribution in [3.05, 3.63) is 59.7 Å². The van der Waals surface area contributed by atoms with E-state index in [0.29, 0.717) is 16.9 Å². The Labute approximate surface area is 135 Å². The molecule has 0 saturated carbocycles. The summed E-state index contributed by atoms with van der Waals surface area (Å²) in [4.78, 5) is 23.7. The number of hydrogen-bond acceptors (Lipinski definition) is 4. The first-order valence-electron chi connectivity index (χ1n) is 7.27. The minimum Gasteiger partial charge on any atom is -0.496 e. The zero-order valence-electron chi connectivity index (χ0n) is 13.5. The summed E-state index contributed by atoms with van der Waals surface area (Å²) >= 11 is 0. The van der Waals surface area contributed by atoms with E-state index in [-0.39, 0.29) is 18.1 Å². The molecular formula is C18H20N2O3. The second-order valence-corrected chi connectivity index (χ2v) is 5.19. The maximum absolute atomic E-state index is 12.3. The van der Waals surface area contributed by atoms with E-state index >= 15 is 0 Å². The summed E-state index contributed by atoms with van der Waals surface area (Å²) in [6, 6.07) is 14.6. The molecule has 0 aliphatic heterocycles. The summed E-state index contributed by atoms with van der Waals surface area (Å²) < 4.78 is 5.27. The Morgan fingerprint density at radius 2 is 1.83 bits per heavy atom. The monoisotopic (exact) mass is 312 g/mol. The number of ketones is 1. The smallest absolute Gasteiger partial charge is 0.243 e. The molecule has 5 heteroatoms. The lowest BCUT2D eigenvalue weighted by molar-refractivity contribution is -0.120. The van der Waals surface area contributed by atoms with Gasteiger partial charge in [0, 0.05) is 18.2 Å². The maximum Gasteiger partial charge on any atom is 0.243 e. The molecular weight excluding hydrogens is 292 g/mol. The highest BCUT2D eigenvalue weighted by Crippen LogP contribution is 2.21. The van der Waals surface area contributed by atoms with Gasteiger partial charge < -0.3 is 4.74 Å². The predicted octanol–water partition coefficient (Wildman–Crippen LogP) is 2.61. The van der Waals surface area contributed by atoms with Gasteiger partial charge in [-0.05, 0) is 37.3 Å². The molecule has 2 aromatic carbocycles. The Kier molecular flexibility index (Phi) is 5.36. The average molecular weight is 312 g/mol. The van der Waals surface area contributed by atoms with E-state index in [1.165, 1.54) is 6.92 Å². The van der Waals surface area contributed by atoms with Crippen LogP contribution < -0.4 is 15.2 Å². The van der Waals surface area contributed by atoms with E-state index in [0.717, 1.165) is 5.69 Å². The fourth-order valence-electron chi connectivity index (χ4n) is 2.25.